The normalized spacial score (nSPS) is 11.3. The van der Waals surface area contributed by atoms with E-state index in [0.29, 0.717) is 47.1 Å². The van der Waals surface area contributed by atoms with Crippen molar-refractivity contribution < 1.29 is 24.6 Å². The number of phenols is 1. The number of thioether (sulfide) groups is 1. The summed E-state index contributed by atoms with van der Waals surface area (Å²) in [5.74, 6) is 1.11. The summed E-state index contributed by atoms with van der Waals surface area (Å²) in [6.45, 7) is 6.05. The molecule has 0 atom stereocenters. The largest absolute Gasteiger partial charge is 0.507 e. The van der Waals surface area contributed by atoms with Gasteiger partial charge in [-0.3, -0.25) is 4.79 Å². The van der Waals surface area contributed by atoms with Gasteiger partial charge in [-0.15, -0.1) is 18.3 Å². The number of benzene rings is 2. The van der Waals surface area contributed by atoms with E-state index in [4.69, 9.17) is 21.5 Å². The first-order valence-electron chi connectivity index (χ1n) is 10.2. The molecule has 0 aliphatic rings. The Balaban J connectivity index is 1.94. The monoisotopic (exact) mass is 477 g/mol. The number of phenolic OH excluding ortho intramolecular Hbond substituents is 1. The topological polar surface area (TPSA) is 88.4 Å². The summed E-state index contributed by atoms with van der Waals surface area (Å²) >= 11 is 7.94. The minimum absolute atomic E-state index is 0.0465. The van der Waals surface area contributed by atoms with Gasteiger partial charge >= 0.3 is 5.97 Å². The minimum atomic E-state index is -0.303. The maximum Gasteiger partial charge on any atom is 0.309 e. The van der Waals surface area contributed by atoms with Gasteiger partial charge in [-0.25, -0.2) is 0 Å². The summed E-state index contributed by atoms with van der Waals surface area (Å²) in [6.07, 6.45) is 3.56. The van der Waals surface area contributed by atoms with Gasteiger partial charge in [0.2, 0.25) is 0 Å². The van der Waals surface area contributed by atoms with Gasteiger partial charge in [0.15, 0.2) is 0 Å². The first kappa shape index (κ1) is 25.6. The molecule has 0 radical (unpaired) electrons. The van der Waals surface area contributed by atoms with E-state index in [0.717, 1.165) is 22.6 Å². The number of hydrogen-bond acceptors (Lipinski definition) is 7. The van der Waals surface area contributed by atoms with E-state index in [9.17, 15) is 9.90 Å². The Labute approximate surface area is 197 Å². The second-order valence-corrected chi connectivity index (χ2v) is 8.44. The lowest BCUT2D eigenvalue weighted by Gasteiger charge is -2.15. The number of aromatic hydroxyl groups is 1. The number of allylic oxidation sites excluding steroid dienone is 1. The maximum absolute atomic E-state index is 11.4. The molecule has 6 nitrogen and oxygen atoms in total. The molecule has 8 heteroatoms. The highest BCUT2D eigenvalue weighted by atomic mass is 35.5. The van der Waals surface area contributed by atoms with Crippen LogP contribution in [0.15, 0.2) is 53.0 Å². The molecular weight excluding hydrogens is 450 g/mol. The van der Waals surface area contributed by atoms with Gasteiger partial charge in [0.25, 0.3) is 0 Å². The standard InChI is InChI=1S/C24H28ClNO5S/c1-4-7-18-21(10-9-17(24(18)28)20(5-2)26-29)31-12-6-13-32-22-11-8-16(14-19(22)25)15-23(27)30-3/h4,8-11,14,28-29H,1,5-7,12-13,15H2,2-3H3/b26-20+. The molecule has 172 valence electrons. The molecule has 0 saturated carbocycles. The van der Waals surface area contributed by atoms with Crippen molar-refractivity contribution in [3.05, 3.63) is 64.7 Å². The minimum Gasteiger partial charge on any atom is -0.507 e. The smallest absolute Gasteiger partial charge is 0.309 e. The first-order valence-corrected chi connectivity index (χ1v) is 11.6. The van der Waals surface area contributed by atoms with Crippen LogP contribution in [0.4, 0.5) is 0 Å². The van der Waals surface area contributed by atoms with Crippen molar-refractivity contribution in [2.75, 3.05) is 19.5 Å². The Morgan fingerprint density at radius 1 is 1.31 bits per heavy atom. The molecule has 0 aromatic heterocycles. The first-order chi connectivity index (χ1) is 15.4. The number of hydrogen-bond donors (Lipinski definition) is 2. The molecule has 0 aliphatic heterocycles. The quantitative estimate of drug-likeness (QED) is 0.0782. The lowest BCUT2D eigenvalue weighted by molar-refractivity contribution is -0.139. The molecule has 2 N–H and O–H groups in total. The number of esters is 1. The van der Waals surface area contributed by atoms with E-state index in [1.165, 1.54) is 7.11 Å². The molecule has 0 aliphatic carbocycles. The third-order valence-electron chi connectivity index (χ3n) is 4.73. The molecular formula is C24H28ClNO5S. The molecule has 0 saturated heterocycles. The Morgan fingerprint density at radius 2 is 2.09 bits per heavy atom. The van der Waals surface area contributed by atoms with Crippen molar-refractivity contribution in [2.45, 2.75) is 37.5 Å². The predicted octanol–water partition coefficient (Wildman–Crippen LogP) is 5.64. The highest BCUT2D eigenvalue weighted by molar-refractivity contribution is 7.99. The number of halogens is 1. The summed E-state index contributed by atoms with van der Waals surface area (Å²) in [5, 5.41) is 23.7. The van der Waals surface area contributed by atoms with Crippen LogP contribution in [-0.4, -0.2) is 41.5 Å². The van der Waals surface area contributed by atoms with Gasteiger partial charge in [0.05, 0.1) is 30.9 Å². The van der Waals surface area contributed by atoms with E-state index in [1.807, 2.05) is 19.1 Å². The molecule has 0 fully saturated rings. The van der Waals surface area contributed by atoms with Crippen LogP contribution in [0.5, 0.6) is 11.5 Å². The Morgan fingerprint density at radius 3 is 2.72 bits per heavy atom. The molecule has 0 heterocycles. The van der Waals surface area contributed by atoms with Gasteiger partial charge < -0.3 is 19.8 Å². The average molecular weight is 478 g/mol. The third-order valence-corrected chi connectivity index (χ3v) is 6.32. The number of nitrogens with zero attached hydrogens (tertiary/aromatic N) is 1. The van der Waals surface area contributed by atoms with Crippen molar-refractivity contribution >= 4 is 35.0 Å². The summed E-state index contributed by atoms with van der Waals surface area (Å²) in [6, 6.07) is 9.02. The Hall–Kier alpha value is -2.64. The van der Waals surface area contributed by atoms with Crippen molar-refractivity contribution in [2.24, 2.45) is 5.16 Å². The third kappa shape index (κ3) is 6.93. The van der Waals surface area contributed by atoms with Crippen LogP contribution in [0.3, 0.4) is 0 Å². The van der Waals surface area contributed by atoms with Crippen LogP contribution in [0.25, 0.3) is 0 Å². The molecule has 0 unspecified atom stereocenters. The van der Waals surface area contributed by atoms with Crippen LogP contribution < -0.4 is 4.74 Å². The fourth-order valence-corrected chi connectivity index (χ4v) is 4.29. The second kappa shape index (κ2) is 13.0. The number of rotatable bonds is 12. The summed E-state index contributed by atoms with van der Waals surface area (Å²) < 4.78 is 10.6. The zero-order valence-electron chi connectivity index (χ0n) is 18.3. The molecule has 32 heavy (non-hydrogen) atoms. The van der Waals surface area contributed by atoms with Gasteiger partial charge in [-0.05, 0) is 49.1 Å². The van der Waals surface area contributed by atoms with Crippen molar-refractivity contribution in [3.8, 4) is 11.5 Å². The summed E-state index contributed by atoms with van der Waals surface area (Å²) in [4.78, 5) is 12.3. The zero-order valence-corrected chi connectivity index (χ0v) is 19.8. The van der Waals surface area contributed by atoms with Crippen LogP contribution in [-0.2, 0) is 22.4 Å². The second-order valence-electron chi connectivity index (χ2n) is 6.90. The fraction of sp³-hybridized carbons (Fsp3) is 0.333. The van der Waals surface area contributed by atoms with Gasteiger partial charge in [-0.1, -0.05) is 35.8 Å². The van der Waals surface area contributed by atoms with E-state index >= 15 is 0 Å². The lowest BCUT2D eigenvalue weighted by Crippen LogP contribution is -2.05. The zero-order chi connectivity index (χ0) is 23.5. The molecule has 0 spiro atoms. The molecule has 2 rings (SSSR count). The highest BCUT2D eigenvalue weighted by Crippen LogP contribution is 2.34. The Kier molecular flexibility index (Phi) is 10.4. The van der Waals surface area contributed by atoms with Crippen LogP contribution in [0.1, 0.15) is 36.5 Å². The van der Waals surface area contributed by atoms with Crippen LogP contribution >= 0.6 is 23.4 Å². The number of methoxy groups -OCH3 is 1. The SMILES string of the molecule is C=CCc1c(OCCCSc2ccc(CC(=O)OC)cc2Cl)ccc(/C(CC)=N/O)c1O. The van der Waals surface area contributed by atoms with E-state index < -0.39 is 0 Å². The van der Waals surface area contributed by atoms with E-state index in [-0.39, 0.29) is 18.1 Å². The summed E-state index contributed by atoms with van der Waals surface area (Å²) in [7, 11) is 1.36. The van der Waals surface area contributed by atoms with Crippen LogP contribution in [0.2, 0.25) is 5.02 Å². The molecule has 0 bridgehead atoms. The lowest BCUT2D eigenvalue weighted by atomic mass is 10.0. The molecule has 0 amide bonds. The maximum atomic E-state index is 11.4. The summed E-state index contributed by atoms with van der Waals surface area (Å²) in [5.41, 5.74) is 2.32. The number of ether oxygens (including phenoxy) is 2. The fourth-order valence-electron chi connectivity index (χ4n) is 3.08. The number of oxime groups is 1. The average Bonchev–Trinajstić information content (AvgIpc) is 2.78. The number of carbonyl (C=O) groups is 1. The predicted molar refractivity (Wildman–Crippen MR) is 129 cm³/mol. The van der Waals surface area contributed by atoms with Crippen molar-refractivity contribution in [3.63, 3.8) is 0 Å². The number of carbonyl (C=O) groups excluding carboxylic acids is 1. The van der Waals surface area contributed by atoms with Crippen LogP contribution in [0, 0.1) is 0 Å². The van der Waals surface area contributed by atoms with Gasteiger partial charge in [-0.2, -0.15) is 0 Å². The highest BCUT2D eigenvalue weighted by Gasteiger charge is 2.16. The van der Waals surface area contributed by atoms with E-state index in [2.05, 4.69) is 16.5 Å². The molecule has 2 aromatic carbocycles. The van der Waals surface area contributed by atoms with E-state index in [1.54, 1.807) is 36.0 Å². The molecule has 2 aromatic rings. The van der Waals surface area contributed by atoms with Gasteiger partial charge in [0, 0.05) is 21.8 Å². The van der Waals surface area contributed by atoms with Crippen molar-refractivity contribution in [1.82, 2.24) is 0 Å². The Bertz CT molecular complexity index is 977. The van der Waals surface area contributed by atoms with Crippen molar-refractivity contribution in [1.29, 1.82) is 0 Å². The van der Waals surface area contributed by atoms with Gasteiger partial charge in [0.1, 0.15) is 11.5 Å².